The standard InChI is InChI=1S/C15H24ClN/c1-5-9-17-15(11(3)6-2)13-8-7-12(4)14(16)10-13/h7-8,10-11,15,17H,5-6,9H2,1-4H3. The molecule has 0 bridgehead atoms. The Morgan fingerprint density at radius 3 is 2.53 bits per heavy atom. The first-order valence-corrected chi connectivity index (χ1v) is 6.97. The number of halogens is 1. The molecule has 96 valence electrons. The molecule has 0 fully saturated rings. The van der Waals surface area contributed by atoms with E-state index >= 15 is 0 Å². The SMILES string of the molecule is CCCNC(c1ccc(C)c(Cl)c1)C(C)CC. The summed E-state index contributed by atoms with van der Waals surface area (Å²) in [5, 5.41) is 4.49. The highest BCUT2D eigenvalue weighted by Gasteiger charge is 2.17. The molecule has 0 aliphatic carbocycles. The van der Waals surface area contributed by atoms with E-state index in [1.807, 2.05) is 6.92 Å². The van der Waals surface area contributed by atoms with Crippen molar-refractivity contribution in [2.24, 2.45) is 5.92 Å². The summed E-state index contributed by atoms with van der Waals surface area (Å²) in [5.41, 5.74) is 2.46. The van der Waals surface area contributed by atoms with Crippen LogP contribution < -0.4 is 5.32 Å². The summed E-state index contributed by atoms with van der Waals surface area (Å²) < 4.78 is 0. The van der Waals surface area contributed by atoms with Crippen LogP contribution in [-0.2, 0) is 0 Å². The maximum absolute atomic E-state index is 6.21. The number of benzene rings is 1. The van der Waals surface area contributed by atoms with Crippen LogP contribution in [-0.4, -0.2) is 6.54 Å². The number of rotatable bonds is 6. The molecule has 1 aromatic carbocycles. The zero-order valence-electron chi connectivity index (χ0n) is 11.4. The van der Waals surface area contributed by atoms with Gasteiger partial charge in [-0.3, -0.25) is 0 Å². The van der Waals surface area contributed by atoms with E-state index in [1.54, 1.807) is 0 Å². The van der Waals surface area contributed by atoms with Crippen LogP contribution in [0, 0.1) is 12.8 Å². The summed E-state index contributed by atoms with van der Waals surface area (Å²) in [5.74, 6) is 0.625. The van der Waals surface area contributed by atoms with Crippen LogP contribution in [0.2, 0.25) is 5.02 Å². The zero-order valence-corrected chi connectivity index (χ0v) is 12.1. The van der Waals surface area contributed by atoms with Gasteiger partial charge in [-0.15, -0.1) is 0 Å². The molecule has 0 radical (unpaired) electrons. The van der Waals surface area contributed by atoms with Gasteiger partial charge in [0.15, 0.2) is 0 Å². The van der Waals surface area contributed by atoms with Gasteiger partial charge in [0.2, 0.25) is 0 Å². The topological polar surface area (TPSA) is 12.0 Å². The van der Waals surface area contributed by atoms with Crippen LogP contribution >= 0.6 is 11.6 Å². The fraction of sp³-hybridized carbons (Fsp3) is 0.600. The van der Waals surface area contributed by atoms with Crippen molar-refractivity contribution in [3.63, 3.8) is 0 Å². The number of nitrogens with one attached hydrogen (secondary N) is 1. The minimum Gasteiger partial charge on any atom is -0.310 e. The lowest BCUT2D eigenvalue weighted by molar-refractivity contribution is 0.377. The highest BCUT2D eigenvalue weighted by molar-refractivity contribution is 6.31. The summed E-state index contributed by atoms with van der Waals surface area (Å²) >= 11 is 6.21. The lowest BCUT2D eigenvalue weighted by Crippen LogP contribution is -2.27. The number of hydrogen-bond acceptors (Lipinski definition) is 1. The molecule has 0 heterocycles. The Kier molecular flexibility index (Phi) is 6.01. The predicted molar refractivity (Wildman–Crippen MR) is 76.7 cm³/mol. The van der Waals surface area contributed by atoms with Crippen molar-refractivity contribution in [3.05, 3.63) is 34.3 Å². The van der Waals surface area contributed by atoms with Gasteiger partial charge < -0.3 is 5.32 Å². The van der Waals surface area contributed by atoms with Crippen molar-refractivity contribution >= 4 is 11.6 Å². The largest absolute Gasteiger partial charge is 0.310 e. The van der Waals surface area contributed by atoms with Gasteiger partial charge in [-0.1, -0.05) is 50.9 Å². The highest BCUT2D eigenvalue weighted by Crippen LogP contribution is 2.27. The number of hydrogen-bond donors (Lipinski definition) is 1. The first-order chi connectivity index (χ1) is 8.10. The highest BCUT2D eigenvalue weighted by atomic mass is 35.5. The average Bonchev–Trinajstić information content (AvgIpc) is 2.33. The normalized spacial score (nSPS) is 14.6. The third-order valence-corrected chi connectivity index (χ3v) is 3.79. The lowest BCUT2D eigenvalue weighted by Gasteiger charge is -2.25. The Balaban J connectivity index is 2.91. The van der Waals surface area contributed by atoms with Gasteiger partial charge in [-0.2, -0.15) is 0 Å². The predicted octanol–water partition coefficient (Wildman–Crippen LogP) is 4.74. The lowest BCUT2D eigenvalue weighted by atomic mass is 9.92. The zero-order chi connectivity index (χ0) is 12.8. The Bertz CT molecular complexity index is 349. The Hall–Kier alpha value is -0.530. The first-order valence-electron chi connectivity index (χ1n) is 6.59. The molecule has 0 aliphatic heterocycles. The molecule has 1 nitrogen and oxygen atoms in total. The second kappa shape index (κ2) is 7.03. The third-order valence-electron chi connectivity index (χ3n) is 3.38. The minimum absolute atomic E-state index is 0.415. The van der Waals surface area contributed by atoms with Crippen molar-refractivity contribution < 1.29 is 0 Å². The maximum Gasteiger partial charge on any atom is 0.0438 e. The molecule has 1 N–H and O–H groups in total. The van der Waals surface area contributed by atoms with E-state index in [4.69, 9.17) is 11.6 Å². The second-order valence-corrected chi connectivity index (χ2v) is 5.23. The Labute approximate surface area is 111 Å². The molecule has 2 atom stereocenters. The van der Waals surface area contributed by atoms with E-state index < -0.39 is 0 Å². The van der Waals surface area contributed by atoms with Crippen LogP contribution in [0.1, 0.15) is 50.8 Å². The van der Waals surface area contributed by atoms with Crippen molar-refractivity contribution in [2.75, 3.05) is 6.54 Å². The number of aryl methyl sites for hydroxylation is 1. The average molecular weight is 254 g/mol. The van der Waals surface area contributed by atoms with Crippen LogP contribution in [0.3, 0.4) is 0 Å². The van der Waals surface area contributed by atoms with Crippen molar-refractivity contribution in [3.8, 4) is 0 Å². The monoisotopic (exact) mass is 253 g/mol. The summed E-state index contributed by atoms with van der Waals surface area (Å²) in [6, 6.07) is 6.83. The molecule has 0 spiro atoms. The van der Waals surface area contributed by atoms with Gasteiger partial charge in [0.25, 0.3) is 0 Å². The van der Waals surface area contributed by atoms with Gasteiger partial charge in [0, 0.05) is 11.1 Å². The molecule has 17 heavy (non-hydrogen) atoms. The molecule has 1 aromatic rings. The summed E-state index contributed by atoms with van der Waals surface area (Å²) in [4.78, 5) is 0. The van der Waals surface area contributed by atoms with E-state index in [2.05, 4.69) is 44.3 Å². The molecule has 2 unspecified atom stereocenters. The maximum atomic E-state index is 6.21. The quantitative estimate of drug-likeness (QED) is 0.773. The molecule has 0 aliphatic rings. The molecular weight excluding hydrogens is 230 g/mol. The van der Waals surface area contributed by atoms with E-state index in [-0.39, 0.29) is 0 Å². The summed E-state index contributed by atoms with van der Waals surface area (Å²) in [7, 11) is 0. The fourth-order valence-electron chi connectivity index (χ4n) is 1.99. The molecule has 1 rings (SSSR count). The van der Waals surface area contributed by atoms with Gasteiger partial charge >= 0.3 is 0 Å². The molecule has 0 aromatic heterocycles. The van der Waals surface area contributed by atoms with Crippen molar-refractivity contribution in [1.29, 1.82) is 0 Å². The molecule has 0 amide bonds. The van der Waals surface area contributed by atoms with Crippen LogP contribution in [0.25, 0.3) is 0 Å². The second-order valence-electron chi connectivity index (χ2n) is 4.83. The van der Waals surface area contributed by atoms with Gasteiger partial charge in [0.05, 0.1) is 0 Å². The molecule has 0 saturated carbocycles. The Morgan fingerprint density at radius 1 is 1.29 bits per heavy atom. The fourth-order valence-corrected chi connectivity index (χ4v) is 2.17. The molecule has 0 saturated heterocycles. The molecular formula is C15H24ClN. The van der Waals surface area contributed by atoms with Crippen LogP contribution in [0.15, 0.2) is 18.2 Å². The first kappa shape index (κ1) is 14.5. The van der Waals surface area contributed by atoms with Gasteiger partial charge in [0.1, 0.15) is 0 Å². The van der Waals surface area contributed by atoms with E-state index in [0.717, 1.165) is 23.6 Å². The van der Waals surface area contributed by atoms with Crippen LogP contribution in [0.5, 0.6) is 0 Å². The van der Waals surface area contributed by atoms with Gasteiger partial charge in [-0.25, -0.2) is 0 Å². The van der Waals surface area contributed by atoms with Gasteiger partial charge in [-0.05, 0) is 43.0 Å². The Morgan fingerprint density at radius 2 is 2.00 bits per heavy atom. The molecule has 2 heteroatoms. The van der Waals surface area contributed by atoms with E-state index in [1.165, 1.54) is 12.0 Å². The van der Waals surface area contributed by atoms with E-state index in [9.17, 15) is 0 Å². The summed E-state index contributed by atoms with van der Waals surface area (Å²) in [6.45, 7) is 9.83. The van der Waals surface area contributed by atoms with E-state index in [0.29, 0.717) is 12.0 Å². The van der Waals surface area contributed by atoms with Crippen LogP contribution in [0.4, 0.5) is 0 Å². The van der Waals surface area contributed by atoms with Crippen molar-refractivity contribution in [2.45, 2.75) is 46.6 Å². The minimum atomic E-state index is 0.415. The third kappa shape index (κ3) is 4.01. The van der Waals surface area contributed by atoms with Crippen molar-refractivity contribution in [1.82, 2.24) is 5.32 Å². The summed E-state index contributed by atoms with van der Waals surface area (Å²) in [6.07, 6.45) is 2.33. The smallest absolute Gasteiger partial charge is 0.0438 e.